The summed E-state index contributed by atoms with van der Waals surface area (Å²) in [5, 5.41) is 9.10. The number of nitrogens with two attached hydrogens (primary N) is 3. The van der Waals surface area contributed by atoms with Crippen molar-refractivity contribution in [1.82, 2.24) is 19.6 Å². The van der Waals surface area contributed by atoms with Gasteiger partial charge in [-0.3, -0.25) is 34.0 Å². The van der Waals surface area contributed by atoms with Gasteiger partial charge in [0.15, 0.2) is 0 Å². The molecule has 0 saturated carbocycles. The number of amides is 2. The van der Waals surface area contributed by atoms with Crippen molar-refractivity contribution in [3.05, 3.63) is 0 Å². The third-order valence-electron chi connectivity index (χ3n) is 4.38. The fraction of sp³-hybridized carbons (Fsp3) is 0.765. The SMILES string of the molecule is CN.NC(=O)CN1CCN(CC=O)CCN(CC(=O)O)CCN(CC(N)=O)CC1. The number of hydrogen-bond acceptors (Lipinski definition) is 9. The smallest absolute Gasteiger partial charge is 0.317 e. The van der Waals surface area contributed by atoms with E-state index in [-0.39, 0.29) is 26.2 Å². The molecule has 1 heterocycles. The first-order valence-electron chi connectivity index (χ1n) is 9.49. The number of aliphatic carboxylic acids is 1. The molecule has 1 saturated heterocycles. The monoisotopic (exact) mass is 417 g/mol. The van der Waals surface area contributed by atoms with Gasteiger partial charge in [-0.25, -0.2) is 0 Å². The van der Waals surface area contributed by atoms with E-state index in [2.05, 4.69) is 5.73 Å². The third-order valence-corrected chi connectivity index (χ3v) is 4.38. The highest BCUT2D eigenvalue weighted by molar-refractivity contribution is 5.76. The topological polar surface area (TPSA) is 180 Å². The summed E-state index contributed by atoms with van der Waals surface area (Å²) >= 11 is 0. The van der Waals surface area contributed by atoms with Crippen LogP contribution in [-0.2, 0) is 19.2 Å². The van der Waals surface area contributed by atoms with Crippen LogP contribution in [0.2, 0.25) is 0 Å². The van der Waals surface area contributed by atoms with Gasteiger partial charge in [-0.2, -0.15) is 0 Å². The first-order valence-corrected chi connectivity index (χ1v) is 9.49. The summed E-state index contributed by atoms with van der Waals surface area (Å²) in [5.41, 5.74) is 15.1. The Balaban J connectivity index is 0.00000379. The van der Waals surface area contributed by atoms with Gasteiger partial charge >= 0.3 is 5.97 Å². The van der Waals surface area contributed by atoms with Crippen molar-refractivity contribution >= 4 is 24.1 Å². The van der Waals surface area contributed by atoms with Crippen LogP contribution in [0.1, 0.15) is 0 Å². The Morgan fingerprint density at radius 3 is 1.31 bits per heavy atom. The van der Waals surface area contributed by atoms with Gasteiger partial charge in [-0.05, 0) is 7.05 Å². The van der Waals surface area contributed by atoms with Gasteiger partial charge in [0.05, 0.1) is 26.2 Å². The highest BCUT2D eigenvalue weighted by atomic mass is 16.4. The molecule has 0 aromatic rings. The van der Waals surface area contributed by atoms with Crippen molar-refractivity contribution in [2.75, 3.05) is 85.6 Å². The van der Waals surface area contributed by atoms with Crippen LogP contribution in [0.5, 0.6) is 0 Å². The average Bonchev–Trinajstić information content (AvgIpc) is 2.64. The number of carboxylic acids is 1. The van der Waals surface area contributed by atoms with Crippen molar-refractivity contribution in [3.8, 4) is 0 Å². The zero-order valence-electron chi connectivity index (χ0n) is 17.2. The van der Waals surface area contributed by atoms with Gasteiger partial charge in [0.1, 0.15) is 6.29 Å². The van der Waals surface area contributed by atoms with Crippen molar-refractivity contribution in [2.45, 2.75) is 0 Å². The van der Waals surface area contributed by atoms with Crippen LogP contribution in [0, 0.1) is 0 Å². The predicted molar refractivity (Wildman–Crippen MR) is 108 cm³/mol. The highest BCUT2D eigenvalue weighted by Crippen LogP contribution is 2.00. The molecular weight excluding hydrogens is 382 g/mol. The summed E-state index contributed by atoms with van der Waals surface area (Å²) in [6.45, 7) is 4.24. The van der Waals surface area contributed by atoms with Crippen LogP contribution in [0.25, 0.3) is 0 Å². The molecule has 2 amide bonds. The molecule has 1 fully saturated rings. The molecule has 168 valence electrons. The molecule has 0 aromatic heterocycles. The van der Waals surface area contributed by atoms with Crippen molar-refractivity contribution in [3.63, 3.8) is 0 Å². The van der Waals surface area contributed by atoms with E-state index in [0.29, 0.717) is 52.4 Å². The van der Waals surface area contributed by atoms with Crippen molar-refractivity contribution in [1.29, 1.82) is 0 Å². The normalized spacial score (nSPS) is 18.6. The molecule has 0 atom stereocenters. The first kappa shape index (κ1) is 26.9. The lowest BCUT2D eigenvalue weighted by Crippen LogP contribution is -2.49. The van der Waals surface area contributed by atoms with Gasteiger partial charge in [0.2, 0.25) is 11.8 Å². The molecule has 1 rings (SSSR count). The maximum Gasteiger partial charge on any atom is 0.317 e. The first-order chi connectivity index (χ1) is 13.8. The van der Waals surface area contributed by atoms with Crippen molar-refractivity contribution in [2.24, 2.45) is 17.2 Å². The second-order valence-corrected chi connectivity index (χ2v) is 6.62. The van der Waals surface area contributed by atoms with Gasteiger partial charge < -0.3 is 27.1 Å². The number of rotatable bonds is 8. The van der Waals surface area contributed by atoms with E-state index >= 15 is 0 Å². The van der Waals surface area contributed by atoms with E-state index in [1.54, 1.807) is 4.90 Å². The summed E-state index contributed by atoms with van der Waals surface area (Å²) in [7, 11) is 1.50. The number of aldehydes is 1. The minimum absolute atomic E-state index is 0.0581. The van der Waals surface area contributed by atoms with Gasteiger partial charge in [-0.1, -0.05) is 0 Å². The lowest BCUT2D eigenvalue weighted by molar-refractivity contribution is -0.138. The summed E-state index contributed by atoms with van der Waals surface area (Å²) in [4.78, 5) is 52.1. The Morgan fingerprint density at radius 1 is 0.724 bits per heavy atom. The van der Waals surface area contributed by atoms with Crippen molar-refractivity contribution < 1.29 is 24.3 Å². The number of primary amides is 2. The quantitative estimate of drug-likeness (QED) is 0.285. The molecule has 0 spiro atoms. The van der Waals surface area contributed by atoms with Crippen LogP contribution < -0.4 is 17.2 Å². The van der Waals surface area contributed by atoms with E-state index in [1.165, 1.54) is 7.05 Å². The maximum atomic E-state index is 11.3. The van der Waals surface area contributed by atoms with Crippen LogP contribution in [0.4, 0.5) is 0 Å². The summed E-state index contributed by atoms with van der Waals surface area (Å²) < 4.78 is 0. The van der Waals surface area contributed by atoms with Gasteiger partial charge in [0.25, 0.3) is 0 Å². The lowest BCUT2D eigenvalue weighted by atomic mass is 10.3. The summed E-state index contributed by atoms with van der Waals surface area (Å²) in [5.74, 6) is -1.85. The number of carbonyl (C=O) groups excluding carboxylic acids is 3. The standard InChI is InChI=1S/C16H30N6O5.CH5N/c17-14(24)11-20-3-1-19(9-10-23)2-4-22(13-16(26)27)8-7-21(6-5-20)12-15(18)25;1-2/h10H,1-9,11-13H2,(H2,17,24)(H2,18,25)(H,26,27);2H2,1H3. The highest BCUT2D eigenvalue weighted by Gasteiger charge is 2.19. The molecule has 29 heavy (non-hydrogen) atoms. The second kappa shape index (κ2) is 15.8. The maximum absolute atomic E-state index is 11.3. The Bertz CT molecular complexity index is 488. The molecule has 12 nitrogen and oxygen atoms in total. The Hall–Kier alpha value is -2.12. The fourth-order valence-corrected chi connectivity index (χ4v) is 2.97. The Morgan fingerprint density at radius 2 is 1.03 bits per heavy atom. The number of carboxylic acid groups (broad SMARTS) is 1. The third kappa shape index (κ3) is 13.7. The molecule has 0 aliphatic carbocycles. The molecule has 12 heteroatoms. The Kier molecular flexibility index (Phi) is 14.6. The molecule has 0 radical (unpaired) electrons. The van der Waals surface area contributed by atoms with Crippen LogP contribution in [0.15, 0.2) is 0 Å². The predicted octanol–water partition coefficient (Wildman–Crippen LogP) is -3.96. The van der Waals surface area contributed by atoms with Gasteiger partial charge in [0, 0.05) is 52.4 Å². The number of carbonyl (C=O) groups is 4. The minimum Gasteiger partial charge on any atom is -0.480 e. The largest absolute Gasteiger partial charge is 0.480 e. The van der Waals surface area contributed by atoms with E-state index < -0.39 is 17.8 Å². The summed E-state index contributed by atoms with van der Waals surface area (Å²) in [6, 6.07) is 0. The van der Waals surface area contributed by atoms with E-state index in [0.717, 1.165) is 6.29 Å². The van der Waals surface area contributed by atoms with Crippen LogP contribution >= 0.6 is 0 Å². The molecule has 7 N–H and O–H groups in total. The zero-order chi connectivity index (χ0) is 22.2. The average molecular weight is 418 g/mol. The molecule has 1 aliphatic rings. The number of hydrogen-bond donors (Lipinski definition) is 4. The van der Waals surface area contributed by atoms with E-state index in [1.807, 2.05) is 14.7 Å². The minimum atomic E-state index is -0.932. The summed E-state index contributed by atoms with van der Waals surface area (Å²) in [6.07, 6.45) is 0.806. The van der Waals surface area contributed by atoms with Crippen LogP contribution in [0.3, 0.4) is 0 Å². The molecular formula is C17H35N7O5. The van der Waals surface area contributed by atoms with E-state index in [9.17, 15) is 19.2 Å². The van der Waals surface area contributed by atoms with Crippen LogP contribution in [-0.4, -0.2) is 134 Å². The number of nitrogens with zero attached hydrogens (tertiary/aromatic N) is 4. The van der Waals surface area contributed by atoms with E-state index in [4.69, 9.17) is 16.6 Å². The molecule has 0 aromatic carbocycles. The zero-order valence-corrected chi connectivity index (χ0v) is 17.2. The second-order valence-electron chi connectivity index (χ2n) is 6.62. The van der Waals surface area contributed by atoms with Gasteiger partial charge in [-0.15, -0.1) is 0 Å². The Labute approximate surface area is 171 Å². The molecule has 0 bridgehead atoms. The molecule has 1 aliphatic heterocycles. The molecule has 0 unspecified atom stereocenters. The fourth-order valence-electron chi connectivity index (χ4n) is 2.97. The lowest BCUT2D eigenvalue weighted by Gasteiger charge is -2.32.